The fraction of sp³-hybridized carbons (Fsp3) is 0.371. The number of amides is 1. The second-order valence-corrected chi connectivity index (χ2v) is 12.8. The van der Waals surface area contributed by atoms with Crippen LogP contribution >= 0.6 is 11.3 Å². The van der Waals surface area contributed by atoms with Gasteiger partial charge in [0.25, 0.3) is 5.91 Å². The van der Waals surface area contributed by atoms with Crippen molar-refractivity contribution in [2.24, 2.45) is 5.92 Å². The molecule has 0 spiro atoms. The number of hydrogen-bond donors (Lipinski definition) is 2. The number of carbonyl (C=O) groups is 2. The van der Waals surface area contributed by atoms with Crippen molar-refractivity contribution in [1.82, 2.24) is 15.3 Å². The Morgan fingerprint density at radius 3 is 2.10 bits per heavy atom. The lowest BCUT2D eigenvalue weighted by Gasteiger charge is -2.28. The van der Waals surface area contributed by atoms with Crippen LogP contribution in [0.2, 0.25) is 0 Å². The SMILES string of the molecule is CCC1CCC(c2ccc(-c3cnc(-c4ccc(C[C@H](NC(=O)c5ccc(C(C)C)s5)C(=O)O)cc4)nc3)cc2)CC1. The van der Waals surface area contributed by atoms with Crippen molar-refractivity contribution in [2.75, 3.05) is 0 Å². The van der Waals surface area contributed by atoms with E-state index in [1.54, 1.807) is 6.07 Å². The zero-order chi connectivity index (χ0) is 29.6. The van der Waals surface area contributed by atoms with Gasteiger partial charge in [0.15, 0.2) is 5.82 Å². The standard InChI is InChI=1S/C35H39N3O3S/c1-4-23-5-9-25(10-6-23)26-13-15-27(16-14-26)29-20-36-33(37-21-29)28-11-7-24(8-12-28)19-30(35(40)41)38-34(39)32-18-17-31(42-32)22(2)3/h7-8,11-18,20-23,25,30H,4-6,9-10,19H2,1-3H3,(H,38,39)(H,40,41)/t23?,25?,30-/m0/s1. The van der Waals surface area contributed by atoms with Gasteiger partial charge in [0, 0.05) is 34.8 Å². The van der Waals surface area contributed by atoms with Gasteiger partial charge in [0.05, 0.1) is 4.88 Å². The summed E-state index contributed by atoms with van der Waals surface area (Å²) in [5, 5.41) is 12.4. The largest absolute Gasteiger partial charge is 0.480 e. The van der Waals surface area contributed by atoms with E-state index >= 15 is 0 Å². The minimum atomic E-state index is -1.07. The normalized spacial score (nSPS) is 17.6. The Morgan fingerprint density at radius 1 is 0.881 bits per heavy atom. The molecule has 6 nitrogen and oxygen atoms in total. The van der Waals surface area contributed by atoms with E-state index in [0.717, 1.165) is 33.0 Å². The molecule has 1 fully saturated rings. The van der Waals surface area contributed by atoms with Crippen LogP contribution in [-0.4, -0.2) is 33.0 Å². The van der Waals surface area contributed by atoms with Gasteiger partial charge in [-0.05, 0) is 72.3 Å². The Labute approximate surface area is 252 Å². The van der Waals surface area contributed by atoms with Crippen LogP contribution in [0.25, 0.3) is 22.5 Å². The minimum Gasteiger partial charge on any atom is -0.480 e. The summed E-state index contributed by atoms with van der Waals surface area (Å²) >= 11 is 1.40. The van der Waals surface area contributed by atoms with E-state index in [9.17, 15) is 14.7 Å². The van der Waals surface area contributed by atoms with Crippen LogP contribution in [0, 0.1) is 5.92 Å². The van der Waals surface area contributed by atoms with Gasteiger partial charge in [-0.2, -0.15) is 0 Å². The topological polar surface area (TPSA) is 92.2 Å². The molecule has 0 radical (unpaired) electrons. The molecule has 1 atom stereocenters. The molecule has 0 aliphatic heterocycles. The molecule has 42 heavy (non-hydrogen) atoms. The van der Waals surface area contributed by atoms with Crippen LogP contribution in [-0.2, 0) is 11.2 Å². The van der Waals surface area contributed by atoms with Crippen LogP contribution in [0.5, 0.6) is 0 Å². The molecule has 0 bridgehead atoms. The first-order valence-electron chi connectivity index (χ1n) is 15.0. The third kappa shape index (κ3) is 7.13. The molecule has 0 saturated heterocycles. The van der Waals surface area contributed by atoms with E-state index in [4.69, 9.17) is 0 Å². The van der Waals surface area contributed by atoms with Crippen molar-refractivity contribution in [3.05, 3.63) is 93.9 Å². The molecule has 218 valence electrons. The van der Waals surface area contributed by atoms with E-state index in [1.165, 1.54) is 49.0 Å². The van der Waals surface area contributed by atoms with Crippen molar-refractivity contribution < 1.29 is 14.7 Å². The van der Waals surface area contributed by atoms with Gasteiger partial charge in [0.2, 0.25) is 0 Å². The van der Waals surface area contributed by atoms with E-state index in [2.05, 4.69) is 60.3 Å². The van der Waals surface area contributed by atoms with E-state index < -0.39 is 12.0 Å². The van der Waals surface area contributed by atoms with Gasteiger partial charge in [-0.25, -0.2) is 14.8 Å². The number of carboxylic acids is 1. The Kier molecular flexibility index (Phi) is 9.48. The zero-order valence-electron chi connectivity index (χ0n) is 24.5. The highest BCUT2D eigenvalue weighted by atomic mass is 32.1. The van der Waals surface area contributed by atoms with Gasteiger partial charge >= 0.3 is 5.97 Å². The molecule has 1 aliphatic rings. The van der Waals surface area contributed by atoms with Crippen LogP contribution in [0.1, 0.15) is 90.4 Å². The van der Waals surface area contributed by atoms with Gasteiger partial charge < -0.3 is 10.4 Å². The first kappa shape index (κ1) is 29.6. The first-order valence-corrected chi connectivity index (χ1v) is 15.8. The Balaban J connectivity index is 1.19. The van der Waals surface area contributed by atoms with Crippen molar-refractivity contribution in [1.29, 1.82) is 0 Å². The maximum Gasteiger partial charge on any atom is 0.326 e. The Hall–Kier alpha value is -3.84. The second-order valence-electron chi connectivity index (χ2n) is 11.7. The van der Waals surface area contributed by atoms with Crippen LogP contribution in [0.15, 0.2) is 73.1 Å². The number of nitrogens with one attached hydrogen (secondary N) is 1. The number of nitrogens with zero attached hydrogens (tertiary/aromatic N) is 2. The van der Waals surface area contributed by atoms with Gasteiger partial charge in [-0.3, -0.25) is 4.79 Å². The molecule has 2 aromatic heterocycles. The summed E-state index contributed by atoms with van der Waals surface area (Å²) in [5.41, 5.74) is 5.16. The summed E-state index contributed by atoms with van der Waals surface area (Å²) < 4.78 is 0. The van der Waals surface area contributed by atoms with Crippen molar-refractivity contribution in [3.63, 3.8) is 0 Å². The average molecular weight is 582 g/mol. The molecular formula is C35H39N3O3S. The van der Waals surface area contributed by atoms with Crippen molar-refractivity contribution in [2.45, 2.75) is 77.2 Å². The number of hydrogen-bond acceptors (Lipinski definition) is 5. The third-order valence-corrected chi connectivity index (χ3v) is 9.85. The fourth-order valence-electron chi connectivity index (χ4n) is 5.72. The third-order valence-electron chi connectivity index (χ3n) is 8.47. The first-order chi connectivity index (χ1) is 20.3. The molecule has 1 saturated carbocycles. The number of carbonyl (C=O) groups excluding carboxylic acids is 1. The number of aromatic nitrogens is 2. The monoisotopic (exact) mass is 581 g/mol. The highest BCUT2D eigenvalue weighted by Crippen LogP contribution is 2.37. The molecule has 2 aromatic carbocycles. The molecule has 7 heteroatoms. The lowest BCUT2D eigenvalue weighted by atomic mass is 9.78. The molecule has 2 N–H and O–H groups in total. The molecular weight excluding hydrogens is 542 g/mol. The molecule has 2 heterocycles. The predicted molar refractivity (Wildman–Crippen MR) is 169 cm³/mol. The van der Waals surface area contributed by atoms with Crippen molar-refractivity contribution in [3.8, 4) is 22.5 Å². The summed E-state index contributed by atoms with van der Waals surface area (Å²) in [6, 6.07) is 19.0. The number of rotatable bonds is 10. The molecule has 0 unspecified atom stereocenters. The van der Waals surface area contributed by atoms with Gasteiger partial charge in [0.1, 0.15) is 6.04 Å². The maximum atomic E-state index is 12.7. The summed E-state index contributed by atoms with van der Waals surface area (Å²) in [6.07, 6.45) is 10.4. The number of benzene rings is 2. The van der Waals surface area contributed by atoms with E-state index in [1.807, 2.05) is 42.7 Å². The van der Waals surface area contributed by atoms with Crippen molar-refractivity contribution >= 4 is 23.2 Å². The van der Waals surface area contributed by atoms with Crippen LogP contribution in [0.4, 0.5) is 0 Å². The van der Waals surface area contributed by atoms with Crippen LogP contribution in [0.3, 0.4) is 0 Å². The summed E-state index contributed by atoms with van der Waals surface area (Å²) in [5.74, 6) is 1.07. The Morgan fingerprint density at radius 2 is 1.52 bits per heavy atom. The van der Waals surface area contributed by atoms with Crippen LogP contribution < -0.4 is 5.32 Å². The summed E-state index contributed by atoms with van der Waals surface area (Å²) in [7, 11) is 0. The maximum absolute atomic E-state index is 12.7. The molecule has 4 aromatic rings. The summed E-state index contributed by atoms with van der Waals surface area (Å²) in [6.45, 7) is 6.43. The molecule has 1 aliphatic carbocycles. The highest BCUT2D eigenvalue weighted by molar-refractivity contribution is 7.14. The van der Waals surface area contributed by atoms with E-state index in [0.29, 0.717) is 22.5 Å². The zero-order valence-corrected chi connectivity index (χ0v) is 25.4. The number of aliphatic carboxylic acids is 1. The smallest absolute Gasteiger partial charge is 0.326 e. The average Bonchev–Trinajstić information content (AvgIpc) is 3.53. The second kappa shape index (κ2) is 13.4. The minimum absolute atomic E-state index is 0.180. The van der Waals surface area contributed by atoms with E-state index in [-0.39, 0.29) is 12.3 Å². The quantitative estimate of drug-likeness (QED) is 0.197. The number of thiophene rings is 1. The number of carboxylic acid groups (broad SMARTS) is 1. The highest BCUT2D eigenvalue weighted by Gasteiger charge is 2.23. The van der Waals surface area contributed by atoms with Gasteiger partial charge in [-0.15, -0.1) is 11.3 Å². The molecule has 1 amide bonds. The van der Waals surface area contributed by atoms with Gasteiger partial charge in [-0.1, -0.05) is 75.7 Å². The summed E-state index contributed by atoms with van der Waals surface area (Å²) in [4.78, 5) is 35.4. The predicted octanol–water partition coefficient (Wildman–Crippen LogP) is 8.11. The Bertz CT molecular complexity index is 1490. The molecule has 5 rings (SSSR count). The fourth-order valence-corrected chi connectivity index (χ4v) is 6.63. The lowest BCUT2D eigenvalue weighted by molar-refractivity contribution is -0.139. The lowest BCUT2D eigenvalue weighted by Crippen LogP contribution is -2.42.